The van der Waals surface area contributed by atoms with Gasteiger partial charge in [0.25, 0.3) is 0 Å². The fourth-order valence-corrected chi connectivity index (χ4v) is 3.40. The first-order chi connectivity index (χ1) is 9.97. The summed E-state index contributed by atoms with van der Waals surface area (Å²) in [7, 11) is 0. The third kappa shape index (κ3) is 2.75. The van der Waals surface area contributed by atoms with Gasteiger partial charge in [-0.3, -0.25) is 4.57 Å². The molecule has 0 spiro atoms. The number of aryl methyl sites for hydroxylation is 1. The molecule has 21 heavy (non-hydrogen) atoms. The van der Waals surface area contributed by atoms with Gasteiger partial charge in [-0.15, -0.1) is 5.10 Å². The summed E-state index contributed by atoms with van der Waals surface area (Å²) < 4.78 is 15.3. The van der Waals surface area contributed by atoms with Gasteiger partial charge in [0.1, 0.15) is 5.82 Å². The predicted molar refractivity (Wildman–Crippen MR) is 77.0 cm³/mol. The highest BCUT2D eigenvalue weighted by Crippen LogP contribution is 2.39. The van der Waals surface area contributed by atoms with Gasteiger partial charge in [-0.1, -0.05) is 0 Å². The molecule has 1 saturated carbocycles. The normalized spacial score (nSPS) is 16.2. The molecule has 1 unspecified atom stereocenters. The minimum Gasteiger partial charge on any atom is -0.389 e. The number of halogens is 1. The van der Waals surface area contributed by atoms with Crippen molar-refractivity contribution in [3.63, 3.8) is 0 Å². The molecule has 112 valence electrons. The molecule has 0 saturated heterocycles. The molecule has 2 N–H and O–H groups in total. The largest absolute Gasteiger partial charge is 0.389 e. The van der Waals surface area contributed by atoms with Crippen LogP contribution in [-0.4, -0.2) is 19.9 Å². The van der Waals surface area contributed by atoms with Gasteiger partial charge >= 0.3 is 5.69 Å². The fraction of sp³-hybridized carbons (Fsp3) is 0.429. The third-order valence-corrected chi connectivity index (χ3v) is 4.57. The van der Waals surface area contributed by atoms with E-state index in [0.29, 0.717) is 21.2 Å². The Morgan fingerprint density at radius 1 is 1.52 bits per heavy atom. The second-order valence-electron chi connectivity index (χ2n) is 5.33. The van der Waals surface area contributed by atoms with E-state index >= 15 is 0 Å². The monoisotopic (exact) mass is 309 g/mol. The number of aromatic amines is 1. The number of aromatic nitrogens is 3. The van der Waals surface area contributed by atoms with Gasteiger partial charge in [0.05, 0.1) is 6.10 Å². The van der Waals surface area contributed by atoms with Crippen LogP contribution >= 0.6 is 11.8 Å². The van der Waals surface area contributed by atoms with Crippen LogP contribution in [0.4, 0.5) is 4.39 Å². The summed E-state index contributed by atoms with van der Waals surface area (Å²) in [6.45, 7) is 3.26. The molecule has 0 aliphatic heterocycles. The van der Waals surface area contributed by atoms with Crippen LogP contribution in [-0.2, 0) is 0 Å². The Bertz CT molecular complexity index is 734. The number of rotatable bonds is 4. The van der Waals surface area contributed by atoms with Crippen molar-refractivity contribution in [1.82, 2.24) is 14.8 Å². The predicted octanol–water partition coefficient (Wildman–Crippen LogP) is 2.56. The van der Waals surface area contributed by atoms with Gasteiger partial charge in [-0.05, 0) is 61.7 Å². The summed E-state index contributed by atoms with van der Waals surface area (Å²) in [5.41, 5.74) is 0.774. The quantitative estimate of drug-likeness (QED) is 0.910. The van der Waals surface area contributed by atoms with E-state index in [0.717, 1.165) is 12.8 Å². The van der Waals surface area contributed by atoms with Crippen molar-refractivity contribution in [2.24, 2.45) is 0 Å². The lowest BCUT2D eigenvalue weighted by Gasteiger charge is -2.13. The zero-order valence-corrected chi connectivity index (χ0v) is 12.6. The molecule has 1 aliphatic carbocycles. The van der Waals surface area contributed by atoms with Gasteiger partial charge in [0.2, 0.25) is 0 Å². The Labute approximate surface area is 125 Å². The Balaban J connectivity index is 2.02. The fourth-order valence-electron chi connectivity index (χ4n) is 2.20. The number of nitrogens with one attached hydrogen (secondary N) is 1. The molecule has 1 aromatic carbocycles. The van der Waals surface area contributed by atoms with E-state index in [-0.39, 0.29) is 17.5 Å². The number of hydrogen-bond acceptors (Lipinski definition) is 4. The SMILES string of the molecule is Cc1cc(Sc2n[nH]c(=O)n2C2CC2)c(C(C)O)cc1F. The lowest BCUT2D eigenvalue weighted by atomic mass is 10.1. The maximum atomic E-state index is 13.7. The number of aliphatic hydroxyl groups is 1. The molecule has 1 aliphatic rings. The molecule has 1 atom stereocenters. The summed E-state index contributed by atoms with van der Waals surface area (Å²) in [6.07, 6.45) is 1.15. The summed E-state index contributed by atoms with van der Waals surface area (Å²) in [5.74, 6) is -0.350. The highest BCUT2D eigenvalue weighted by atomic mass is 32.2. The van der Waals surface area contributed by atoms with Crippen LogP contribution in [0.5, 0.6) is 0 Å². The molecule has 7 heteroatoms. The maximum Gasteiger partial charge on any atom is 0.344 e. The second kappa shape index (κ2) is 5.31. The van der Waals surface area contributed by atoms with Crippen molar-refractivity contribution in [2.75, 3.05) is 0 Å². The highest BCUT2D eigenvalue weighted by Gasteiger charge is 2.29. The average Bonchev–Trinajstić information content (AvgIpc) is 3.18. The van der Waals surface area contributed by atoms with Crippen molar-refractivity contribution >= 4 is 11.8 Å². The molecule has 2 aromatic rings. The standard InChI is InChI=1S/C14H16FN3O2S/c1-7-5-12(10(8(2)19)6-11(7)15)21-14-17-16-13(20)18(14)9-3-4-9/h5-6,8-9,19H,3-4H2,1-2H3,(H,16,20). The van der Waals surface area contributed by atoms with E-state index < -0.39 is 6.10 Å². The molecule has 3 rings (SSSR count). The van der Waals surface area contributed by atoms with Crippen LogP contribution in [0.3, 0.4) is 0 Å². The van der Waals surface area contributed by atoms with Crippen LogP contribution < -0.4 is 5.69 Å². The van der Waals surface area contributed by atoms with E-state index in [4.69, 9.17) is 0 Å². The summed E-state index contributed by atoms with van der Waals surface area (Å²) in [4.78, 5) is 12.5. The first-order valence-electron chi connectivity index (χ1n) is 6.80. The molecular weight excluding hydrogens is 293 g/mol. The van der Waals surface area contributed by atoms with Gasteiger partial charge in [-0.2, -0.15) is 0 Å². The van der Waals surface area contributed by atoms with Crippen molar-refractivity contribution in [3.05, 3.63) is 39.6 Å². The lowest BCUT2D eigenvalue weighted by Crippen LogP contribution is -2.16. The Morgan fingerprint density at radius 3 is 2.86 bits per heavy atom. The zero-order chi connectivity index (χ0) is 15.1. The third-order valence-electron chi connectivity index (χ3n) is 3.53. The first kappa shape index (κ1) is 14.3. The minimum absolute atomic E-state index is 0.204. The Kier molecular flexibility index (Phi) is 3.62. The second-order valence-corrected chi connectivity index (χ2v) is 6.34. The number of nitrogens with zero attached hydrogens (tertiary/aromatic N) is 2. The number of benzene rings is 1. The van der Waals surface area contributed by atoms with Crippen molar-refractivity contribution < 1.29 is 9.50 Å². The Hall–Kier alpha value is -1.60. The molecular formula is C14H16FN3O2S. The average molecular weight is 309 g/mol. The van der Waals surface area contributed by atoms with E-state index in [9.17, 15) is 14.3 Å². The molecule has 0 bridgehead atoms. The summed E-state index contributed by atoms with van der Waals surface area (Å²) in [5, 5.41) is 16.9. The number of H-pyrrole nitrogens is 1. The van der Waals surface area contributed by atoms with E-state index in [1.807, 2.05) is 0 Å². The van der Waals surface area contributed by atoms with Crippen LogP contribution in [0.2, 0.25) is 0 Å². The maximum absolute atomic E-state index is 13.7. The zero-order valence-electron chi connectivity index (χ0n) is 11.8. The van der Waals surface area contributed by atoms with Gasteiger partial charge in [0.15, 0.2) is 5.16 Å². The van der Waals surface area contributed by atoms with E-state index in [1.54, 1.807) is 24.5 Å². The molecule has 1 fully saturated rings. The molecule has 0 radical (unpaired) electrons. The summed E-state index contributed by atoms with van der Waals surface area (Å²) >= 11 is 1.28. The van der Waals surface area contributed by atoms with Crippen LogP contribution in [0, 0.1) is 12.7 Å². The van der Waals surface area contributed by atoms with Gasteiger partial charge < -0.3 is 5.11 Å². The Morgan fingerprint density at radius 2 is 2.24 bits per heavy atom. The van der Waals surface area contributed by atoms with Crippen molar-refractivity contribution in [2.45, 2.75) is 48.9 Å². The van der Waals surface area contributed by atoms with Crippen LogP contribution in [0.15, 0.2) is 27.0 Å². The van der Waals surface area contributed by atoms with Crippen LogP contribution in [0.25, 0.3) is 0 Å². The first-order valence-corrected chi connectivity index (χ1v) is 7.62. The highest BCUT2D eigenvalue weighted by molar-refractivity contribution is 7.99. The van der Waals surface area contributed by atoms with Crippen molar-refractivity contribution in [1.29, 1.82) is 0 Å². The van der Waals surface area contributed by atoms with E-state index in [2.05, 4.69) is 10.2 Å². The summed E-state index contributed by atoms with van der Waals surface area (Å²) in [6, 6.07) is 3.22. The topological polar surface area (TPSA) is 70.9 Å². The number of hydrogen-bond donors (Lipinski definition) is 2. The van der Waals surface area contributed by atoms with Gasteiger partial charge in [0, 0.05) is 10.9 Å². The smallest absolute Gasteiger partial charge is 0.344 e. The van der Waals surface area contributed by atoms with Gasteiger partial charge in [-0.25, -0.2) is 14.3 Å². The molecule has 1 heterocycles. The molecule has 0 amide bonds. The molecule has 5 nitrogen and oxygen atoms in total. The van der Waals surface area contributed by atoms with Crippen molar-refractivity contribution in [3.8, 4) is 0 Å². The lowest BCUT2D eigenvalue weighted by molar-refractivity contribution is 0.196. The minimum atomic E-state index is -0.789. The number of aliphatic hydroxyl groups excluding tert-OH is 1. The van der Waals surface area contributed by atoms with Crippen LogP contribution in [0.1, 0.15) is 43.0 Å². The molecule has 1 aromatic heterocycles. The van der Waals surface area contributed by atoms with E-state index in [1.165, 1.54) is 17.8 Å².